The van der Waals surface area contributed by atoms with Crippen LogP contribution in [0.3, 0.4) is 0 Å². The Bertz CT molecular complexity index is 928. The summed E-state index contributed by atoms with van der Waals surface area (Å²) in [6, 6.07) is 0. The van der Waals surface area contributed by atoms with Gasteiger partial charge >= 0.3 is 29.6 Å². The number of carbonyl (C=O) groups is 1. The van der Waals surface area contributed by atoms with Crippen LogP contribution in [0.5, 0.6) is 0 Å². The van der Waals surface area contributed by atoms with Gasteiger partial charge in [0.25, 0.3) is 6.47 Å². The first-order valence-corrected chi connectivity index (χ1v) is 8.86. The molecule has 0 saturated carbocycles. The van der Waals surface area contributed by atoms with E-state index in [-0.39, 0.29) is 63.8 Å². The maximum absolute atomic E-state index is 8.64. The maximum atomic E-state index is 8.64. The number of allylic oxidation sites excluding steroid dienone is 1. The zero-order valence-corrected chi connectivity index (χ0v) is 20.6. The molecule has 0 radical (unpaired) electrons. The van der Waals surface area contributed by atoms with Crippen molar-refractivity contribution in [2.75, 3.05) is 11.5 Å². The van der Waals surface area contributed by atoms with Crippen molar-refractivity contribution in [1.82, 2.24) is 39.5 Å². The smallest absolute Gasteiger partial charge is 0.662 e. The molecule has 0 saturated heterocycles. The Kier molecular flexibility index (Phi) is 15.8. The van der Waals surface area contributed by atoms with Gasteiger partial charge in [0.15, 0.2) is 0 Å². The Morgan fingerprint density at radius 3 is 1.91 bits per heavy atom. The summed E-state index contributed by atoms with van der Waals surface area (Å²) in [6.45, 7) is -0.181. The van der Waals surface area contributed by atoms with Crippen LogP contribution in [0, 0.1) is 0 Å². The average Bonchev–Trinajstić information content (AvgIpc) is 3.43. The van der Waals surface area contributed by atoms with Gasteiger partial charge in [0.05, 0.1) is 0 Å². The number of halogens is 3. The Morgan fingerprint density at radius 2 is 1.56 bits per heavy atom. The van der Waals surface area contributed by atoms with Crippen molar-refractivity contribution in [3.8, 4) is 5.95 Å². The summed E-state index contributed by atoms with van der Waals surface area (Å²) in [7, 11) is 0. The second-order valence-electron chi connectivity index (χ2n) is 4.61. The molecule has 0 unspecified atom stereocenters. The van der Waals surface area contributed by atoms with Gasteiger partial charge in [0, 0.05) is 31.2 Å². The summed E-state index contributed by atoms with van der Waals surface area (Å²) >= 11 is 16.2. The van der Waals surface area contributed by atoms with Crippen molar-refractivity contribution >= 4 is 59.4 Å². The summed E-state index contributed by atoms with van der Waals surface area (Å²) in [5.74, 6) is 0.471. The average molecular weight is 513 g/mol. The Morgan fingerprint density at radius 1 is 1.00 bits per heavy atom. The fourth-order valence-electron chi connectivity index (χ4n) is 1.49. The molecule has 0 aliphatic carbocycles. The predicted molar refractivity (Wildman–Crippen MR) is 110 cm³/mol. The first-order valence-electron chi connectivity index (χ1n) is 7.72. The maximum Gasteiger partial charge on any atom is 1.00 e. The van der Waals surface area contributed by atoms with Crippen LogP contribution in [0.15, 0.2) is 36.0 Å². The third-order valence-electron chi connectivity index (χ3n) is 2.52. The molecule has 0 amide bonds. The first kappa shape index (κ1) is 29.5. The zero-order chi connectivity index (χ0) is 23.1. The summed E-state index contributed by atoms with van der Waals surface area (Å²) < 4.78 is 1.59. The van der Waals surface area contributed by atoms with Gasteiger partial charge in [-0.15, -0.1) is 0 Å². The fourth-order valence-corrected chi connectivity index (χ4v) is 2.03. The van der Waals surface area contributed by atoms with Gasteiger partial charge in [0.2, 0.25) is 33.7 Å². The summed E-state index contributed by atoms with van der Waals surface area (Å²) in [6.07, 6.45) is 11.6. The molecule has 4 rings (SSSR count). The van der Waals surface area contributed by atoms with E-state index < -0.39 is 0 Å². The van der Waals surface area contributed by atoms with Crippen molar-refractivity contribution in [3.05, 3.63) is 46.8 Å². The number of nitrogen functional groups attached to an aromatic ring is 2. The van der Waals surface area contributed by atoms with Gasteiger partial charge in [-0.3, -0.25) is 14.4 Å². The molecule has 0 fully saturated rings. The molecule has 18 heteroatoms. The molecule has 0 bridgehead atoms. The van der Waals surface area contributed by atoms with Crippen LogP contribution in [-0.2, 0) is 9.68 Å². The third-order valence-corrected chi connectivity index (χ3v) is 3.03. The van der Waals surface area contributed by atoms with E-state index in [1.807, 2.05) is 12.3 Å². The molecule has 4 heterocycles. The van der Waals surface area contributed by atoms with Crippen LogP contribution in [0.25, 0.3) is 5.95 Å². The molecule has 3 aromatic heterocycles. The van der Waals surface area contributed by atoms with Crippen molar-refractivity contribution in [1.29, 1.82) is 0 Å². The number of rotatable bonds is 2. The van der Waals surface area contributed by atoms with Gasteiger partial charge < -0.3 is 21.6 Å². The monoisotopic (exact) mass is 511 g/mol. The number of aliphatic imine (C=N–C) groups is 1. The zero-order valence-electron chi connectivity index (χ0n) is 16.3. The van der Waals surface area contributed by atoms with Crippen LogP contribution in [0.2, 0.25) is 15.9 Å². The van der Waals surface area contributed by atoms with Crippen molar-refractivity contribution in [2.45, 2.75) is 6.42 Å². The topological polar surface area (TPSA) is 209 Å². The van der Waals surface area contributed by atoms with Crippen LogP contribution < -0.4 is 46.3 Å². The Balaban J connectivity index is 0.000000440. The summed E-state index contributed by atoms with van der Waals surface area (Å²) in [5, 5.41) is 8.51. The van der Waals surface area contributed by atoms with Crippen molar-refractivity contribution in [3.63, 3.8) is 0 Å². The molecule has 1 aliphatic rings. The van der Waals surface area contributed by atoms with Crippen LogP contribution in [-0.4, -0.2) is 52.1 Å². The first-order chi connectivity index (χ1) is 14.8. The van der Waals surface area contributed by atoms with Crippen LogP contribution in [0.4, 0.5) is 11.9 Å². The molecular formula is C14H13Cl3N11NaO3. The van der Waals surface area contributed by atoms with Crippen molar-refractivity contribution in [2.24, 2.45) is 4.99 Å². The minimum Gasteiger partial charge on any atom is -0.662 e. The molecule has 0 aromatic carbocycles. The molecule has 0 spiro atoms. The van der Waals surface area contributed by atoms with Gasteiger partial charge in [-0.1, -0.05) is 6.08 Å². The van der Waals surface area contributed by atoms with E-state index in [9.17, 15) is 0 Å². The Labute approximate surface area is 218 Å². The standard InChI is InChI=1S/C6H5ClN6.C4H5N.C3H2Cl2N4.CH2O3.Na/c7-4-10-5(8)12-6(11-4)13-2-1-9-3-13;1-2-4-5-3-1;4-1-7-2(5)9-3(6)8-1;2-1-4-3;/h1-3H,(H2,8,10,11,12);1,3-4H,2H2;(H2,6,7,8,9);1,3H;/q;;;;+1/p-1. The molecule has 3 aromatic rings. The van der Waals surface area contributed by atoms with Crippen LogP contribution in [0.1, 0.15) is 6.42 Å². The quantitative estimate of drug-likeness (QED) is 0.157. The minimum atomic E-state index is -0.181. The van der Waals surface area contributed by atoms with Crippen LogP contribution >= 0.6 is 34.8 Å². The van der Waals surface area contributed by atoms with E-state index in [4.69, 9.17) is 56.3 Å². The SMILES string of the molecule is C1=CN=CC1.Nc1nc(Cl)nc(-n2ccnc2)n1.Nc1nc(Cl)nc(Cl)n1.O=CO[O-].[Na+]. The summed E-state index contributed by atoms with van der Waals surface area (Å²) in [4.78, 5) is 40.6. The molecule has 1 aliphatic heterocycles. The van der Waals surface area contributed by atoms with Crippen molar-refractivity contribution < 1.29 is 44.5 Å². The second-order valence-corrected chi connectivity index (χ2v) is 5.62. The Hall–Kier alpha value is -2.46. The molecule has 164 valence electrons. The van der Waals surface area contributed by atoms with E-state index in [2.05, 4.69) is 44.8 Å². The fraction of sp³-hybridized carbons (Fsp3) is 0.0714. The molecule has 4 N–H and O–H groups in total. The third kappa shape index (κ3) is 13.1. The van der Waals surface area contributed by atoms with E-state index in [1.54, 1.807) is 29.5 Å². The van der Waals surface area contributed by atoms with Gasteiger partial charge in [-0.25, -0.2) is 4.98 Å². The predicted octanol–water partition coefficient (Wildman–Crippen LogP) is -2.53. The van der Waals surface area contributed by atoms with Gasteiger partial charge in [0.1, 0.15) is 6.33 Å². The largest absolute Gasteiger partial charge is 1.00 e. The normalized spacial score (nSPS) is 10.2. The number of aromatic nitrogens is 8. The molecule has 14 nitrogen and oxygen atoms in total. The number of nitrogens with two attached hydrogens (primary N) is 2. The van der Waals surface area contributed by atoms with E-state index in [0.717, 1.165) is 6.42 Å². The summed E-state index contributed by atoms with van der Waals surface area (Å²) in [5.41, 5.74) is 10.5. The second kappa shape index (κ2) is 17.1. The van der Waals surface area contributed by atoms with E-state index in [0.29, 0.717) is 5.95 Å². The molecule has 0 atom stereocenters. The number of hydrogen-bond donors (Lipinski definition) is 2. The number of anilines is 2. The molecular weight excluding hydrogens is 500 g/mol. The van der Waals surface area contributed by atoms with E-state index >= 15 is 0 Å². The number of carbonyl (C=O) groups excluding carboxylic acids is 1. The minimum absolute atomic E-state index is 0. The number of imidazole rings is 1. The molecule has 32 heavy (non-hydrogen) atoms. The van der Waals surface area contributed by atoms with E-state index in [1.165, 1.54) is 0 Å². The number of nitrogens with zero attached hydrogens (tertiary/aromatic N) is 9. The van der Waals surface area contributed by atoms with Gasteiger partial charge in [-0.05, 0) is 34.8 Å². The van der Waals surface area contributed by atoms with Gasteiger partial charge in [-0.2, -0.15) is 29.9 Å². The number of hydrogen-bond acceptors (Lipinski definition) is 13.